The molecular formula is C32H20Cl2N8Na2O8S2. The number of benzene rings is 4. The van der Waals surface area contributed by atoms with Gasteiger partial charge in [0.2, 0.25) is 22.5 Å². The van der Waals surface area contributed by atoms with Gasteiger partial charge in [-0.3, -0.25) is 0 Å². The largest absolute Gasteiger partial charge is 1.00 e. The first-order chi connectivity index (χ1) is 24.8. The Bertz CT molecular complexity index is 2350. The molecule has 0 fully saturated rings. The van der Waals surface area contributed by atoms with Crippen molar-refractivity contribution < 1.29 is 94.5 Å². The maximum Gasteiger partial charge on any atom is 1.00 e. The van der Waals surface area contributed by atoms with E-state index >= 15 is 0 Å². The van der Waals surface area contributed by atoms with E-state index in [0.29, 0.717) is 11.5 Å². The molecule has 6 rings (SSSR count). The van der Waals surface area contributed by atoms with Crippen LogP contribution in [0.1, 0.15) is 11.1 Å². The summed E-state index contributed by atoms with van der Waals surface area (Å²) < 4.78 is 84.9. The summed E-state index contributed by atoms with van der Waals surface area (Å²) >= 11 is 12.0. The maximum atomic E-state index is 12.3. The molecule has 54 heavy (non-hydrogen) atoms. The van der Waals surface area contributed by atoms with Gasteiger partial charge in [0.05, 0.1) is 9.79 Å². The molecule has 264 valence electrons. The zero-order valence-electron chi connectivity index (χ0n) is 27.9. The van der Waals surface area contributed by atoms with E-state index in [0.717, 1.165) is 24.3 Å². The summed E-state index contributed by atoms with van der Waals surface area (Å²) in [6.45, 7) is 0. The normalized spacial score (nSPS) is 11.3. The van der Waals surface area contributed by atoms with Crippen molar-refractivity contribution in [2.24, 2.45) is 0 Å². The zero-order chi connectivity index (χ0) is 36.9. The van der Waals surface area contributed by atoms with Crippen molar-refractivity contribution in [2.45, 2.75) is 9.79 Å². The summed E-state index contributed by atoms with van der Waals surface area (Å²) in [7, 11) is -10.2. The Balaban J connectivity index is 0.00000325. The molecule has 0 aliphatic rings. The Morgan fingerprint density at radius 2 is 0.907 bits per heavy atom. The maximum absolute atomic E-state index is 12.3. The number of para-hydroxylation sites is 2. The second kappa shape index (κ2) is 18.7. The van der Waals surface area contributed by atoms with Crippen LogP contribution in [-0.2, 0) is 20.2 Å². The molecule has 2 N–H and O–H groups in total. The average Bonchev–Trinajstić information content (AvgIpc) is 3.07. The number of hydrogen-bond donors (Lipinski definition) is 2. The molecule has 0 saturated carbocycles. The number of halogens is 2. The number of nitrogens with zero attached hydrogens (tertiary/aromatic N) is 6. The SMILES string of the molecule is O=S(=O)([O-])c1cc(Nc2nc(Cl)nc(Oc3ccccc3)n2)ccc1C=Cc1ccc(Nc2nc(Cl)nc(Oc3ccccc3)n2)cc1S(=O)(=O)[O-].[Na+].[Na+]. The van der Waals surface area contributed by atoms with Crippen LogP contribution >= 0.6 is 23.2 Å². The standard InChI is InChI=1S/C32H22Cl2N8O8S2.2Na/c33-27-37-29(41-31(39-27)49-23-7-3-1-4-8-23)35-21-15-13-19(25(17-21)51(43,44)45)11-12-20-14-16-22(18-26(20)52(46,47)48)36-30-38-28(34)40-32(42-30)50-24-9-5-2-6-10-24;;/h1-18H,(H,43,44,45)(H,46,47,48)(H,35,37,39,41)(H,36,38,40,42);;/q;2*+1/p-2. The van der Waals surface area contributed by atoms with Crippen molar-refractivity contribution in [1.82, 2.24) is 29.9 Å². The number of aromatic nitrogens is 6. The van der Waals surface area contributed by atoms with Crippen molar-refractivity contribution in [1.29, 1.82) is 0 Å². The molecule has 2 heterocycles. The van der Waals surface area contributed by atoms with E-state index in [1.165, 1.54) is 24.3 Å². The van der Waals surface area contributed by atoms with Crippen LogP contribution < -0.4 is 79.2 Å². The van der Waals surface area contributed by atoms with Gasteiger partial charge in [-0.05, 0) is 82.9 Å². The molecule has 2 aromatic heterocycles. The van der Waals surface area contributed by atoms with E-state index in [-0.39, 0.29) is 116 Å². The number of anilines is 4. The zero-order valence-corrected chi connectivity index (χ0v) is 35.1. The Morgan fingerprint density at radius 3 is 1.26 bits per heavy atom. The number of hydrogen-bond acceptors (Lipinski definition) is 16. The van der Waals surface area contributed by atoms with E-state index in [4.69, 9.17) is 32.7 Å². The molecule has 0 unspecified atom stereocenters. The first-order valence-corrected chi connectivity index (χ1v) is 18.1. The van der Waals surface area contributed by atoms with Crippen molar-refractivity contribution >= 4 is 78.9 Å². The van der Waals surface area contributed by atoms with Crippen LogP contribution in [0, 0.1) is 0 Å². The molecule has 22 heteroatoms. The second-order valence-electron chi connectivity index (χ2n) is 10.2. The summed E-state index contributed by atoms with van der Waals surface area (Å²) in [5, 5.41) is 5.03. The topological polar surface area (TPSA) is 234 Å². The summed E-state index contributed by atoms with van der Waals surface area (Å²) in [6, 6.07) is 24.2. The van der Waals surface area contributed by atoms with Gasteiger partial charge in [-0.15, -0.1) is 0 Å². The van der Waals surface area contributed by atoms with Crippen molar-refractivity contribution in [3.8, 4) is 23.5 Å². The quantitative estimate of drug-likeness (QED) is 0.0967. The molecule has 0 aliphatic heterocycles. The number of ether oxygens (including phenoxy) is 2. The minimum Gasteiger partial charge on any atom is -0.744 e. The molecule has 0 spiro atoms. The van der Waals surface area contributed by atoms with Crippen LogP contribution in [0.5, 0.6) is 23.5 Å². The van der Waals surface area contributed by atoms with Crippen molar-refractivity contribution in [2.75, 3.05) is 10.6 Å². The molecule has 4 aromatic carbocycles. The third-order valence-electron chi connectivity index (χ3n) is 6.60. The van der Waals surface area contributed by atoms with Gasteiger partial charge < -0.3 is 29.2 Å². The molecule has 0 amide bonds. The van der Waals surface area contributed by atoms with Crippen LogP contribution in [0.3, 0.4) is 0 Å². The summed E-state index contributed by atoms with van der Waals surface area (Å²) in [5.74, 6) is 0.589. The molecule has 0 aliphatic carbocycles. The van der Waals surface area contributed by atoms with E-state index in [1.54, 1.807) is 60.7 Å². The van der Waals surface area contributed by atoms with Gasteiger partial charge >= 0.3 is 71.1 Å². The van der Waals surface area contributed by atoms with Crippen LogP contribution in [0.4, 0.5) is 23.3 Å². The van der Waals surface area contributed by atoms with E-state index in [9.17, 15) is 25.9 Å². The summed E-state index contributed by atoms with van der Waals surface area (Å²) in [4.78, 5) is 22.6. The first kappa shape index (κ1) is 43.0. The minimum atomic E-state index is -5.09. The van der Waals surface area contributed by atoms with Crippen molar-refractivity contribution in [3.63, 3.8) is 0 Å². The Kier molecular flexibility index (Phi) is 14.9. The Hall–Kier alpha value is -3.76. The fourth-order valence-electron chi connectivity index (χ4n) is 4.43. The molecule has 0 atom stereocenters. The summed E-state index contributed by atoms with van der Waals surface area (Å²) in [5.41, 5.74) is -0.0869. The first-order valence-electron chi connectivity index (χ1n) is 14.5. The van der Waals surface area contributed by atoms with E-state index in [2.05, 4.69) is 40.5 Å². The molecule has 6 aromatic rings. The Morgan fingerprint density at radius 1 is 0.537 bits per heavy atom. The molecular weight excluding hydrogens is 805 g/mol. The van der Waals surface area contributed by atoms with Crippen LogP contribution in [0.25, 0.3) is 12.2 Å². The predicted octanol–water partition coefficient (Wildman–Crippen LogP) is 0.422. The number of rotatable bonds is 12. The second-order valence-corrected chi connectivity index (χ2v) is 13.6. The van der Waals surface area contributed by atoms with Gasteiger partial charge in [-0.1, -0.05) is 60.7 Å². The van der Waals surface area contributed by atoms with Gasteiger partial charge in [-0.25, -0.2) is 16.8 Å². The van der Waals surface area contributed by atoms with Gasteiger partial charge in [0.1, 0.15) is 31.7 Å². The minimum absolute atomic E-state index is 0. The van der Waals surface area contributed by atoms with Crippen LogP contribution in [0.2, 0.25) is 10.6 Å². The van der Waals surface area contributed by atoms with Gasteiger partial charge in [0.25, 0.3) is 0 Å². The molecule has 0 radical (unpaired) electrons. The summed E-state index contributed by atoms with van der Waals surface area (Å²) in [6.07, 6.45) is 2.33. The van der Waals surface area contributed by atoms with Crippen LogP contribution in [-0.4, -0.2) is 55.8 Å². The number of nitrogens with one attached hydrogen (secondary N) is 2. The van der Waals surface area contributed by atoms with Crippen molar-refractivity contribution in [3.05, 3.63) is 119 Å². The average molecular weight is 826 g/mol. The fraction of sp³-hybridized carbons (Fsp3) is 0. The predicted molar refractivity (Wildman–Crippen MR) is 187 cm³/mol. The van der Waals surface area contributed by atoms with Crippen LogP contribution in [0.15, 0.2) is 107 Å². The molecule has 0 bridgehead atoms. The van der Waals surface area contributed by atoms with E-state index < -0.39 is 30.0 Å². The monoisotopic (exact) mass is 824 g/mol. The van der Waals surface area contributed by atoms with Gasteiger partial charge in [0, 0.05) is 11.4 Å². The molecule has 16 nitrogen and oxygen atoms in total. The van der Waals surface area contributed by atoms with Gasteiger partial charge in [-0.2, -0.15) is 29.9 Å². The molecule has 0 saturated heterocycles. The third-order valence-corrected chi connectivity index (χ3v) is 8.72. The Labute approximate surface area is 362 Å². The smallest absolute Gasteiger partial charge is 0.744 e. The third kappa shape index (κ3) is 11.9. The van der Waals surface area contributed by atoms with E-state index in [1.807, 2.05) is 0 Å². The van der Waals surface area contributed by atoms with Gasteiger partial charge in [0.15, 0.2) is 0 Å². The fourth-order valence-corrected chi connectivity index (χ4v) is 6.12.